The standard InChI is InChI=1S/C12H14N4O4/c1-8(6-11(18)19)13-10(17)7-16-12(20)15-5-3-2-4-9(15)14-16/h2-5,8H,6-7H2,1H3,(H,13,17)(H,18,19). The molecule has 8 heteroatoms. The van der Waals surface area contributed by atoms with Crippen molar-refractivity contribution in [1.82, 2.24) is 19.5 Å². The Kier molecular flexibility index (Phi) is 3.83. The zero-order chi connectivity index (χ0) is 14.7. The van der Waals surface area contributed by atoms with Crippen LogP contribution in [0.3, 0.4) is 0 Å². The molecule has 2 heterocycles. The molecule has 2 N–H and O–H groups in total. The van der Waals surface area contributed by atoms with Crippen LogP contribution in [-0.4, -0.2) is 37.2 Å². The van der Waals surface area contributed by atoms with Gasteiger partial charge in [-0.1, -0.05) is 6.07 Å². The summed E-state index contributed by atoms with van der Waals surface area (Å²) in [6.07, 6.45) is 1.39. The number of nitrogens with one attached hydrogen (secondary N) is 1. The Morgan fingerprint density at radius 3 is 2.85 bits per heavy atom. The number of nitrogens with zero attached hydrogens (tertiary/aromatic N) is 3. The first-order valence-corrected chi connectivity index (χ1v) is 6.02. The first-order chi connectivity index (χ1) is 9.47. The van der Waals surface area contributed by atoms with E-state index in [1.807, 2.05) is 0 Å². The van der Waals surface area contributed by atoms with Gasteiger partial charge in [0.2, 0.25) is 5.91 Å². The van der Waals surface area contributed by atoms with Gasteiger partial charge in [-0.15, -0.1) is 5.10 Å². The van der Waals surface area contributed by atoms with Crippen LogP contribution in [0.1, 0.15) is 13.3 Å². The average molecular weight is 278 g/mol. The minimum absolute atomic E-state index is 0.175. The molecule has 0 radical (unpaired) electrons. The van der Waals surface area contributed by atoms with Crippen LogP contribution in [-0.2, 0) is 16.1 Å². The van der Waals surface area contributed by atoms with Crippen molar-refractivity contribution in [3.8, 4) is 0 Å². The molecule has 2 rings (SSSR count). The average Bonchev–Trinajstić information content (AvgIpc) is 2.65. The van der Waals surface area contributed by atoms with E-state index in [0.717, 1.165) is 4.68 Å². The molecule has 0 aliphatic carbocycles. The highest BCUT2D eigenvalue weighted by atomic mass is 16.4. The van der Waals surface area contributed by atoms with Gasteiger partial charge < -0.3 is 10.4 Å². The van der Waals surface area contributed by atoms with Gasteiger partial charge in [0.05, 0.1) is 6.42 Å². The lowest BCUT2D eigenvalue weighted by atomic mass is 10.2. The molecule has 1 atom stereocenters. The molecule has 0 spiro atoms. The van der Waals surface area contributed by atoms with Crippen molar-refractivity contribution in [2.45, 2.75) is 25.9 Å². The van der Waals surface area contributed by atoms with Crippen molar-refractivity contribution >= 4 is 17.5 Å². The Balaban J connectivity index is 2.08. The number of hydrogen-bond donors (Lipinski definition) is 2. The maximum atomic E-state index is 11.9. The zero-order valence-electron chi connectivity index (χ0n) is 10.8. The van der Waals surface area contributed by atoms with Crippen molar-refractivity contribution in [2.24, 2.45) is 0 Å². The number of carbonyl (C=O) groups excluding carboxylic acids is 1. The Labute approximate surface area is 113 Å². The Bertz CT molecular complexity index is 703. The van der Waals surface area contributed by atoms with Crippen LogP contribution in [0.4, 0.5) is 0 Å². The van der Waals surface area contributed by atoms with Gasteiger partial charge in [0.15, 0.2) is 5.65 Å². The third-order valence-corrected chi connectivity index (χ3v) is 2.67. The fourth-order valence-electron chi connectivity index (χ4n) is 1.84. The molecule has 1 unspecified atom stereocenters. The number of carboxylic acid groups (broad SMARTS) is 1. The van der Waals surface area contributed by atoms with Crippen LogP contribution in [0.25, 0.3) is 5.65 Å². The van der Waals surface area contributed by atoms with Crippen LogP contribution in [0.5, 0.6) is 0 Å². The van der Waals surface area contributed by atoms with Gasteiger partial charge in [-0.3, -0.25) is 14.0 Å². The van der Waals surface area contributed by atoms with Crippen LogP contribution in [0.2, 0.25) is 0 Å². The minimum atomic E-state index is -0.998. The number of amides is 1. The van der Waals surface area contributed by atoms with Crippen molar-refractivity contribution in [3.05, 3.63) is 34.9 Å². The van der Waals surface area contributed by atoms with Gasteiger partial charge in [-0.2, -0.15) is 0 Å². The molecule has 0 fully saturated rings. The minimum Gasteiger partial charge on any atom is -0.481 e. The summed E-state index contributed by atoms with van der Waals surface area (Å²) < 4.78 is 2.37. The van der Waals surface area contributed by atoms with Crippen molar-refractivity contribution in [1.29, 1.82) is 0 Å². The SMILES string of the molecule is CC(CC(=O)O)NC(=O)Cn1nc2ccccn2c1=O. The van der Waals surface area contributed by atoms with Gasteiger partial charge in [-0.05, 0) is 19.1 Å². The van der Waals surface area contributed by atoms with E-state index >= 15 is 0 Å². The molecule has 1 amide bonds. The summed E-state index contributed by atoms with van der Waals surface area (Å²) in [4.78, 5) is 34.1. The number of pyridine rings is 1. The Morgan fingerprint density at radius 2 is 2.20 bits per heavy atom. The molecular weight excluding hydrogens is 264 g/mol. The summed E-state index contributed by atoms with van der Waals surface area (Å²) in [6.45, 7) is 1.34. The number of rotatable bonds is 5. The molecule has 0 saturated heterocycles. The summed E-state index contributed by atoms with van der Waals surface area (Å²) in [5, 5.41) is 15.1. The lowest BCUT2D eigenvalue weighted by molar-refractivity contribution is -0.137. The maximum absolute atomic E-state index is 11.9. The molecule has 0 aromatic carbocycles. The predicted molar refractivity (Wildman–Crippen MR) is 69.3 cm³/mol. The molecule has 2 aromatic rings. The van der Waals surface area contributed by atoms with Crippen molar-refractivity contribution in [3.63, 3.8) is 0 Å². The van der Waals surface area contributed by atoms with Gasteiger partial charge >= 0.3 is 11.7 Å². The van der Waals surface area contributed by atoms with Crippen molar-refractivity contribution < 1.29 is 14.7 Å². The molecule has 0 aliphatic rings. The van der Waals surface area contributed by atoms with E-state index in [2.05, 4.69) is 10.4 Å². The quantitative estimate of drug-likeness (QED) is 0.765. The van der Waals surface area contributed by atoms with Crippen molar-refractivity contribution in [2.75, 3.05) is 0 Å². The summed E-state index contributed by atoms with van der Waals surface area (Å²) in [5.41, 5.74) is 0.0329. The third-order valence-electron chi connectivity index (χ3n) is 2.67. The molecule has 8 nitrogen and oxygen atoms in total. The predicted octanol–water partition coefficient (Wildman–Crippen LogP) is -0.525. The zero-order valence-corrected chi connectivity index (χ0v) is 10.8. The number of aromatic nitrogens is 3. The first kappa shape index (κ1) is 13.8. The molecular formula is C12H14N4O4. The number of fused-ring (bicyclic) bond motifs is 1. The highest BCUT2D eigenvalue weighted by Crippen LogP contribution is 1.95. The van der Waals surface area contributed by atoms with Crippen LogP contribution < -0.4 is 11.0 Å². The van der Waals surface area contributed by atoms with Gasteiger partial charge in [-0.25, -0.2) is 9.48 Å². The highest BCUT2D eigenvalue weighted by Gasteiger charge is 2.14. The van der Waals surface area contributed by atoms with E-state index in [9.17, 15) is 14.4 Å². The lowest BCUT2D eigenvalue weighted by Gasteiger charge is -2.10. The second-order valence-electron chi connectivity index (χ2n) is 4.44. The smallest absolute Gasteiger partial charge is 0.350 e. The fourth-order valence-corrected chi connectivity index (χ4v) is 1.84. The third kappa shape index (κ3) is 3.02. The van der Waals surface area contributed by atoms with E-state index in [1.165, 1.54) is 4.40 Å². The van der Waals surface area contributed by atoms with Gasteiger partial charge in [0.1, 0.15) is 6.54 Å². The topological polar surface area (TPSA) is 106 Å². The first-order valence-electron chi connectivity index (χ1n) is 6.02. The molecule has 0 saturated carbocycles. The van der Waals surface area contributed by atoms with E-state index < -0.39 is 23.6 Å². The second kappa shape index (κ2) is 5.55. The van der Waals surface area contributed by atoms with Crippen LogP contribution >= 0.6 is 0 Å². The van der Waals surface area contributed by atoms with Crippen LogP contribution in [0, 0.1) is 0 Å². The van der Waals surface area contributed by atoms with E-state index in [4.69, 9.17) is 5.11 Å². The molecule has 2 aromatic heterocycles. The second-order valence-corrected chi connectivity index (χ2v) is 4.44. The van der Waals surface area contributed by atoms with Gasteiger partial charge in [0.25, 0.3) is 0 Å². The van der Waals surface area contributed by atoms with E-state index in [0.29, 0.717) is 5.65 Å². The Morgan fingerprint density at radius 1 is 1.45 bits per heavy atom. The maximum Gasteiger partial charge on any atom is 0.350 e. The van der Waals surface area contributed by atoms with E-state index in [-0.39, 0.29) is 13.0 Å². The lowest BCUT2D eigenvalue weighted by Crippen LogP contribution is -2.38. The molecule has 0 aliphatic heterocycles. The number of aliphatic carboxylic acids is 1. The summed E-state index contributed by atoms with van der Waals surface area (Å²) >= 11 is 0. The monoisotopic (exact) mass is 278 g/mol. The Hall–Kier alpha value is -2.64. The summed E-state index contributed by atoms with van der Waals surface area (Å²) in [7, 11) is 0. The normalized spacial score (nSPS) is 12.2. The van der Waals surface area contributed by atoms with Crippen LogP contribution in [0.15, 0.2) is 29.2 Å². The molecule has 20 heavy (non-hydrogen) atoms. The van der Waals surface area contributed by atoms with Gasteiger partial charge in [0, 0.05) is 12.2 Å². The fraction of sp³-hybridized carbons (Fsp3) is 0.333. The molecule has 0 bridgehead atoms. The molecule has 106 valence electrons. The largest absolute Gasteiger partial charge is 0.481 e. The summed E-state index contributed by atoms with van der Waals surface area (Å²) in [5.74, 6) is -1.45. The summed E-state index contributed by atoms with van der Waals surface area (Å²) in [6, 6.07) is 4.58. The number of carboxylic acids is 1. The number of carbonyl (C=O) groups is 2. The highest BCUT2D eigenvalue weighted by molar-refractivity contribution is 5.77. The number of hydrogen-bond acceptors (Lipinski definition) is 4. The van der Waals surface area contributed by atoms with E-state index in [1.54, 1.807) is 31.3 Å².